The van der Waals surface area contributed by atoms with Crippen LogP contribution in [0.4, 0.5) is 0 Å². The lowest BCUT2D eigenvalue weighted by Gasteiger charge is -2.12. The van der Waals surface area contributed by atoms with Crippen LogP contribution in [0.2, 0.25) is 0 Å². The zero-order valence-corrected chi connectivity index (χ0v) is 7.34. The van der Waals surface area contributed by atoms with Crippen molar-refractivity contribution in [2.45, 2.75) is 32.6 Å². The van der Waals surface area contributed by atoms with E-state index in [1.807, 2.05) is 6.92 Å². The zero-order chi connectivity index (χ0) is 8.97. The first-order valence-corrected chi connectivity index (χ1v) is 4.33. The molecule has 0 amide bonds. The number of carbonyl (C=O) groups excluding carboxylic acids is 1. The van der Waals surface area contributed by atoms with Crippen LogP contribution in [0.3, 0.4) is 0 Å². The number of aliphatic hydroxyl groups is 1. The summed E-state index contributed by atoms with van der Waals surface area (Å²) in [5, 5.41) is 9.42. The topological polar surface area (TPSA) is 37.3 Å². The van der Waals surface area contributed by atoms with Crippen molar-refractivity contribution in [2.24, 2.45) is 0 Å². The Labute approximate surface area is 72.6 Å². The quantitative estimate of drug-likeness (QED) is 0.480. The molecule has 0 aromatic rings. The first-order valence-electron chi connectivity index (χ1n) is 4.33. The van der Waals surface area contributed by atoms with E-state index in [2.05, 4.69) is 0 Å². The first-order chi connectivity index (χ1) is 5.75. The van der Waals surface area contributed by atoms with Crippen LogP contribution >= 0.6 is 0 Å². The third kappa shape index (κ3) is 1.97. The summed E-state index contributed by atoms with van der Waals surface area (Å²) in [5.41, 5.74) is 0.611. The van der Waals surface area contributed by atoms with E-state index >= 15 is 0 Å². The van der Waals surface area contributed by atoms with Gasteiger partial charge in [-0.2, -0.15) is 0 Å². The molecular weight excluding hydrogens is 152 g/mol. The van der Waals surface area contributed by atoms with Gasteiger partial charge >= 0.3 is 0 Å². The van der Waals surface area contributed by atoms with E-state index in [1.54, 1.807) is 12.2 Å². The average Bonchev–Trinajstić information content (AvgIpc) is 2.05. The summed E-state index contributed by atoms with van der Waals surface area (Å²) >= 11 is 0. The molecule has 12 heavy (non-hydrogen) atoms. The number of allylic oxidation sites excluding steroid dienone is 3. The number of Topliss-reactive ketones (excluding diaryl/α,β-unsaturated/α-hetero) is 1. The van der Waals surface area contributed by atoms with Crippen LogP contribution in [0.1, 0.15) is 32.6 Å². The van der Waals surface area contributed by atoms with Crippen molar-refractivity contribution in [1.29, 1.82) is 0 Å². The fourth-order valence-corrected chi connectivity index (χ4v) is 1.41. The third-order valence-electron chi connectivity index (χ3n) is 2.05. The predicted molar refractivity (Wildman–Crippen MR) is 47.9 cm³/mol. The second-order valence-electron chi connectivity index (χ2n) is 2.99. The van der Waals surface area contributed by atoms with Crippen molar-refractivity contribution in [2.75, 3.05) is 0 Å². The summed E-state index contributed by atoms with van der Waals surface area (Å²) in [7, 11) is 0. The molecule has 66 valence electrons. The van der Waals surface area contributed by atoms with Crippen molar-refractivity contribution in [3.8, 4) is 0 Å². The van der Waals surface area contributed by atoms with E-state index in [0.717, 1.165) is 19.3 Å². The molecule has 1 N–H and O–H groups in total. The number of aliphatic hydroxyl groups excluding tert-OH is 1. The minimum absolute atomic E-state index is 0.108. The van der Waals surface area contributed by atoms with Crippen molar-refractivity contribution in [1.82, 2.24) is 0 Å². The highest BCUT2D eigenvalue weighted by Crippen LogP contribution is 2.22. The Morgan fingerprint density at radius 2 is 2.08 bits per heavy atom. The highest BCUT2D eigenvalue weighted by molar-refractivity contribution is 5.96. The van der Waals surface area contributed by atoms with Gasteiger partial charge in [0.15, 0.2) is 5.78 Å². The SMILES string of the molecule is C/C=C/C(O)=C1\CCCCC1=O. The molecule has 1 aliphatic rings. The van der Waals surface area contributed by atoms with Gasteiger partial charge in [0.25, 0.3) is 0 Å². The maximum atomic E-state index is 11.3. The van der Waals surface area contributed by atoms with Crippen LogP contribution < -0.4 is 0 Å². The molecule has 0 aliphatic heterocycles. The minimum atomic E-state index is 0.108. The Morgan fingerprint density at radius 1 is 1.42 bits per heavy atom. The standard InChI is InChI=1S/C10H14O2/c1-2-5-9(11)8-6-3-4-7-10(8)12/h2,5,11H,3-4,6-7H2,1H3/b5-2+,9-8-. The lowest BCUT2D eigenvalue weighted by atomic mass is 9.92. The van der Waals surface area contributed by atoms with Gasteiger partial charge in [0.05, 0.1) is 0 Å². The van der Waals surface area contributed by atoms with Crippen LogP contribution in [-0.4, -0.2) is 10.9 Å². The van der Waals surface area contributed by atoms with E-state index in [9.17, 15) is 9.90 Å². The molecule has 1 saturated carbocycles. The van der Waals surface area contributed by atoms with E-state index in [1.165, 1.54) is 0 Å². The molecule has 1 fully saturated rings. The van der Waals surface area contributed by atoms with Crippen molar-refractivity contribution < 1.29 is 9.90 Å². The molecule has 1 rings (SSSR count). The average molecular weight is 166 g/mol. The summed E-state index contributed by atoms with van der Waals surface area (Å²) in [4.78, 5) is 11.3. The lowest BCUT2D eigenvalue weighted by molar-refractivity contribution is -0.116. The molecule has 0 spiro atoms. The molecule has 0 heterocycles. The van der Waals surface area contributed by atoms with Crippen molar-refractivity contribution >= 4 is 5.78 Å². The fraction of sp³-hybridized carbons (Fsp3) is 0.500. The molecule has 2 heteroatoms. The Kier molecular flexibility index (Phi) is 3.09. The Bertz CT molecular complexity index is 236. The van der Waals surface area contributed by atoms with Gasteiger partial charge in [0, 0.05) is 12.0 Å². The van der Waals surface area contributed by atoms with Gasteiger partial charge in [0.1, 0.15) is 5.76 Å². The highest BCUT2D eigenvalue weighted by atomic mass is 16.3. The van der Waals surface area contributed by atoms with Gasteiger partial charge in [-0.3, -0.25) is 4.79 Å². The monoisotopic (exact) mass is 166 g/mol. The fourth-order valence-electron chi connectivity index (χ4n) is 1.41. The summed E-state index contributed by atoms with van der Waals surface area (Å²) in [6.45, 7) is 1.82. The molecule has 0 bridgehead atoms. The van der Waals surface area contributed by atoms with Gasteiger partial charge < -0.3 is 5.11 Å². The molecular formula is C10H14O2. The number of rotatable bonds is 1. The molecule has 0 aromatic carbocycles. The Hall–Kier alpha value is -1.05. The zero-order valence-electron chi connectivity index (χ0n) is 7.34. The molecule has 0 unspecified atom stereocenters. The van der Waals surface area contributed by atoms with Crippen molar-refractivity contribution in [3.63, 3.8) is 0 Å². The van der Waals surface area contributed by atoms with Crippen LogP contribution in [0.5, 0.6) is 0 Å². The molecule has 0 saturated heterocycles. The summed E-state index contributed by atoms with van der Waals surface area (Å²) < 4.78 is 0. The van der Waals surface area contributed by atoms with Gasteiger partial charge in [-0.1, -0.05) is 6.08 Å². The van der Waals surface area contributed by atoms with Crippen LogP contribution in [0.25, 0.3) is 0 Å². The van der Waals surface area contributed by atoms with Gasteiger partial charge in [-0.25, -0.2) is 0 Å². The van der Waals surface area contributed by atoms with E-state index in [0.29, 0.717) is 12.0 Å². The van der Waals surface area contributed by atoms with E-state index in [4.69, 9.17) is 0 Å². The Balaban J connectivity index is 2.82. The number of ketones is 1. The largest absolute Gasteiger partial charge is 0.508 e. The highest BCUT2D eigenvalue weighted by Gasteiger charge is 2.17. The maximum absolute atomic E-state index is 11.3. The number of hydrogen-bond acceptors (Lipinski definition) is 2. The maximum Gasteiger partial charge on any atom is 0.162 e. The first kappa shape index (κ1) is 9.04. The Morgan fingerprint density at radius 3 is 2.67 bits per heavy atom. The second kappa shape index (κ2) is 4.10. The van der Waals surface area contributed by atoms with Crippen LogP contribution in [0, 0.1) is 0 Å². The normalized spacial score (nSPS) is 23.2. The minimum Gasteiger partial charge on any atom is -0.508 e. The lowest BCUT2D eigenvalue weighted by Crippen LogP contribution is -2.10. The second-order valence-corrected chi connectivity index (χ2v) is 2.99. The number of hydrogen-bond donors (Lipinski definition) is 1. The number of carbonyl (C=O) groups is 1. The summed E-state index contributed by atoms with van der Waals surface area (Å²) in [6.07, 6.45) is 6.63. The van der Waals surface area contributed by atoms with Crippen molar-refractivity contribution in [3.05, 3.63) is 23.5 Å². The molecule has 1 aliphatic carbocycles. The van der Waals surface area contributed by atoms with Gasteiger partial charge in [-0.05, 0) is 32.3 Å². The van der Waals surface area contributed by atoms with Crippen LogP contribution in [0.15, 0.2) is 23.5 Å². The molecule has 0 atom stereocenters. The van der Waals surface area contributed by atoms with Gasteiger partial charge in [-0.15, -0.1) is 0 Å². The summed E-state index contributed by atoms with van der Waals surface area (Å²) in [5.74, 6) is 0.263. The summed E-state index contributed by atoms with van der Waals surface area (Å²) in [6, 6.07) is 0. The molecule has 0 aromatic heterocycles. The predicted octanol–water partition coefficient (Wildman–Crippen LogP) is 2.52. The van der Waals surface area contributed by atoms with E-state index < -0.39 is 0 Å². The third-order valence-corrected chi connectivity index (χ3v) is 2.05. The van der Waals surface area contributed by atoms with Gasteiger partial charge in [0.2, 0.25) is 0 Å². The molecule has 2 nitrogen and oxygen atoms in total. The van der Waals surface area contributed by atoms with Crippen LogP contribution in [-0.2, 0) is 4.79 Å². The molecule has 0 radical (unpaired) electrons. The van der Waals surface area contributed by atoms with E-state index in [-0.39, 0.29) is 11.5 Å². The smallest absolute Gasteiger partial charge is 0.162 e.